The van der Waals surface area contributed by atoms with Gasteiger partial charge in [-0.25, -0.2) is 0 Å². The third-order valence-electron chi connectivity index (χ3n) is 2.42. The molecule has 0 aliphatic heterocycles. The standard InChI is InChI=1S/C9H15B/c1-3-9(10)6-4-5-8(2)7-9/h4-5,8H,3,6-7H2,1-2H3. The molecule has 0 heterocycles. The smallest absolute Gasteiger partial charge is 0.0750 e. The van der Waals surface area contributed by atoms with E-state index in [1.165, 1.54) is 0 Å². The maximum Gasteiger partial charge on any atom is 0.0750 e. The minimum absolute atomic E-state index is 0.105. The highest BCUT2D eigenvalue weighted by Crippen LogP contribution is 2.41. The van der Waals surface area contributed by atoms with Gasteiger partial charge in [0.15, 0.2) is 0 Å². The van der Waals surface area contributed by atoms with Crippen LogP contribution in [0.25, 0.3) is 0 Å². The lowest BCUT2D eigenvalue weighted by atomic mass is 9.58. The quantitative estimate of drug-likeness (QED) is 0.382. The highest BCUT2D eigenvalue weighted by molar-refractivity contribution is 6.15. The van der Waals surface area contributed by atoms with Crippen LogP contribution in [-0.4, -0.2) is 7.85 Å². The monoisotopic (exact) mass is 134 g/mol. The van der Waals surface area contributed by atoms with Crippen LogP contribution >= 0.6 is 0 Å². The van der Waals surface area contributed by atoms with Gasteiger partial charge in [-0.15, -0.1) is 0 Å². The molecule has 0 spiro atoms. The minimum Gasteiger partial charge on any atom is -0.0885 e. The SMILES string of the molecule is [B]C1(CC)CC=CC(C)C1. The van der Waals surface area contributed by atoms with E-state index in [0.717, 1.165) is 19.3 Å². The first-order valence-electron chi connectivity index (χ1n) is 4.12. The Bertz CT molecular complexity index is 140. The van der Waals surface area contributed by atoms with E-state index in [9.17, 15) is 0 Å². The molecule has 0 saturated heterocycles. The molecule has 0 nitrogen and oxygen atoms in total. The van der Waals surface area contributed by atoms with Crippen molar-refractivity contribution in [1.29, 1.82) is 0 Å². The molecule has 0 fully saturated rings. The zero-order valence-corrected chi connectivity index (χ0v) is 6.93. The molecule has 2 unspecified atom stereocenters. The van der Waals surface area contributed by atoms with Gasteiger partial charge < -0.3 is 0 Å². The number of rotatable bonds is 1. The third-order valence-corrected chi connectivity index (χ3v) is 2.42. The second kappa shape index (κ2) is 2.81. The average Bonchev–Trinajstić information content (AvgIpc) is 1.88. The highest BCUT2D eigenvalue weighted by atomic mass is 14.2. The van der Waals surface area contributed by atoms with E-state index in [0.29, 0.717) is 5.92 Å². The van der Waals surface area contributed by atoms with Crippen molar-refractivity contribution in [2.24, 2.45) is 5.92 Å². The van der Waals surface area contributed by atoms with Crippen LogP contribution in [0.5, 0.6) is 0 Å². The van der Waals surface area contributed by atoms with Gasteiger partial charge in [-0.2, -0.15) is 0 Å². The Balaban J connectivity index is 2.58. The third kappa shape index (κ3) is 1.65. The van der Waals surface area contributed by atoms with E-state index in [1.54, 1.807) is 0 Å². The number of hydrogen-bond donors (Lipinski definition) is 0. The lowest BCUT2D eigenvalue weighted by molar-refractivity contribution is 0.427. The van der Waals surface area contributed by atoms with Gasteiger partial charge in [0.25, 0.3) is 0 Å². The molecule has 10 heavy (non-hydrogen) atoms. The zero-order chi connectivity index (χ0) is 7.61. The first kappa shape index (κ1) is 7.91. The second-order valence-electron chi connectivity index (χ2n) is 3.53. The van der Waals surface area contributed by atoms with Crippen molar-refractivity contribution < 1.29 is 0 Å². The highest BCUT2D eigenvalue weighted by Gasteiger charge is 2.24. The average molecular weight is 134 g/mol. The molecule has 0 amide bonds. The molecule has 0 aromatic rings. The summed E-state index contributed by atoms with van der Waals surface area (Å²) in [6.07, 6.45) is 7.80. The summed E-state index contributed by atoms with van der Waals surface area (Å²) >= 11 is 0. The molecule has 2 atom stereocenters. The molecule has 1 rings (SSSR count). The van der Waals surface area contributed by atoms with Crippen molar-refractivity contribution in [3.63, 3.8) is 0 Å². The largest absolute Gasteiger partial charge is 0.0885 e. The van der Waals surface area contributed by atoms with Crippen LogP contribution in [0.4, 0.5) is 0 Å². The van der Waals surface area contributed by atoms with Gasteiger partial charge in [-0.1, -0.05) is 37.7 Å². The van der Waals surface area contributed by atoms with E-state index in [-0.39, 0.29) is 5.31 Å². The summed E-state index contributed by atoms with van der Waals surface area (Å²) in [5.41, 5.74) is 0. The summed E-state index contributed by atoms with van der Waals surface area (Å²) in [5.74, 6) is 0.679. The van der Waals surface area contributed by atoms with Crippen molar-refractivity contribution in [2.75, 3.05) is 0 Å². The minimum atomic E-state index is 0.105. The maximum absolute atomic E-state index is 6.10. The van der Waals surface area contributed by atoms with E-state index < -0.39 is 0 Å². The van der Waals surface area contributed by atoms with Gasteiger partial charge in [-0.05, 0) is 18.8 Å². The van der Waals surface area contributed by atoms with Gasteiger partial charge in [0.1, 0.15) is 0 Å². The first-order valence-corrected chi connectivity index (χ1v) is 4.12. The summed E-state index contributed by atoms with van der Waals surface area (Å²) in [6, 6.07) is 0. The topological polar surface area (TPSA) is 0 Å². The number of allylic oxidation sites excluding steroid dienone is 2. The van der Waals surface area contributed by atoms with Gasteiger partial charge in [0.2, 0.25) is 0 Å². The molecule has 0 bridgehead atoms. The number of hydrogen-bond acceptors (Lipinski definition) is 0. The van der Waals surface area contributed by atoms with Crippen molar-refractivity contribution in [2.45, 2.75) is 38.4 Å². The fraction of sp³-hybridized carbons (Fsp3) is 0.778. The molecule has 2 radical (unpaired) electrons. The Morgan fingerprint density at radius 2 is 2.40 bits per heavy atom. The summed E-state index contributed by atoms with van der Waals surface area (Å²) in [6.45, 7) is 4.40. The van der Waals surface area contributed by atoms with Crippen LogP contribution < -0.4 is 0 Å². The molecule has 0 N–H and O–H groups in total. The fourth-order valence-electron chi connectivity index (χ4n) is 1.62. The first-order chi connectivity index (χ1) is 4.66. The summed E-state index contributed by atoms with van der Waals surface area (Å²) in [5, 5.41) is 0.105. The van der Waals surface area contributed by atoms with E-state index >= 15 is 0 Å². The molecular weight excluding hydrogens is 119 g/mol. The molecule has 1 aliphatic carbocycles. The Kier molecular flexibility index (Phi) is 2.23. The predicted molar refractivity (Wildman–Crippen MR) is 46.3 cm³/mol. The van der Waals surface area contributed by atoms with Crippen molar-refractivity contribution >= 4 is 7.85 Å². The molecule has 1 aliphatic rings. The van der Waals surface area contributed by atoms with Crippen molar-refractivity contribution in [3.8, 4) is 0 Å². The summed E-state index contributed by atoms with van der Waals surface area (Å²) < 4.78 is 0. The zero-order valence-electron chi connectivity index (χ0n) is 6.93. The molecular formula is C9H15B. The van der Waals surface area contributed by atoms with E-state index in [4.69, 9.17) is 7.85 Å². The molecule has 54 valence electrons. The van der Waals surface area contributed by atoms with Crippen LogP contribution in [0.15, 0.2) is 12.2 Å². The maximum atomic E-state index is 6.10. The van der Waals surface area contributed by atoms with Crippen LogP contribution in [0.1, 0.15) is 33.1 Å². The molecule has 1 heteroatoms. The summed E-state index contributed by atoms with van der Waals surface area (Å²) in [7, 11) is 6.10. The van der Waals surface area contributed by atoms with Gasteiger partial charge in [0.05, 0.1) is 7.85 Å². The molecule has 0 aromatic heterocycles. The Morgan fingerprint density at radius 1 is 1.70 bits per heavy atom. The van der Waals surface area contributed by atoms with E-state index in [1.807, 2.05) is 0 Å². The Morgan fingerprint density at radius 3 is 2.80 bits per heavy atom. The fourth-order valence-corrected chi connectivity index (χ4v) is 1.62. The van der Waals surface area contributed by atoms with Crippen LogP contribution in [-0.2, 0) is 0 Å². The van der Waals surface area contributed by atoms with Crippen LogP contribution in [0, 0.1) is 5.92 Å². The molecule has 0 aromatic carbocycles. The second-order valence-corrected chi connectivity index (χ2v) is 3.53. The Hall–Kier alpha value is -0.195. The van der Waals surface area contributed by atoms with Gasteiger partial charge in [0, 0.05) is 0 Å². The van der Waals surface area contributed by atoms with Crippen LogP contribution in [0.2, 0.25) is 5.31 Å². The lowest BCUT2D eigenvalue weighted by Gasteiger charge is -2.33. The van der Waals surface area contributed by atoms with Crippen LogP contribution in [0.3, 0.4) is 0 Å². The predicted octanol–water partition coefficient (Wildman–Crippen LogP) is 2.71. The lowest BCUT2D eigenvalue weighted by Crippen LogP contribution is -2.17. The van der Waals surface area contributed by atoms with Gasteiger partial charge >= 0.3 is 0 Å². The van der Waals surface area contributed by atoms with Gasteiger partial charge in [-0.3, -0.25) is 0 Å². The summed E-state index contributed by atoms with van der Waals surface area (Å²) in [4.78, 5) is 0. The normalized spacial score (nSPS) is 40.0. The van der Waals surface area contributed by atoms with Crippen molar-refractivity contribution in [1.82, 2.24) is 0 Å². The molecule has 0 saturated carbocycles. The van der Waals surface area contributed by atoms with E-state index in [2.05, 4.69) is 26.0 Å². The Labute approximate surface area is 65.1 Å². The van der Waals surface area contributed by atoms with Crippen molar-refractivity contribution in [3.05, 3.63) is 12.2 Å².